The largest absolute Gasteiger partial charge is 0.440 e. The molecule has 0 aromatic heterocycles. The van der Waals surface area contributed by atoms with Gasteiger partial charge in [-0.1, -0.05) is 48.6 Å². The maximum absolute atomic E-state index is 12.4. The number of benzene rings is 2. The SMILES string of the molecule is O=C(Nc1ccccc1)O[C@H]1[C@@H]2OCC=C[C@@H]2O[C@@H]1CNC(=O)c1ccccc1. The molecular formula is C22H22N2O5. The first-order valence-electron chi connectivity index (χ1n) is 9.50. The van der Waals surface area contributed by atoms with E-state index in [0.717, 1.165) is 0 Å². The number of hydrogen-bond donors (Lipinski definition) is 2. The summed E-state index contributed by atoms with van der Waals surface area (Å²) in [5.41, 5.74) is 1.18. The van der Waals surface area contributed by atoms with E-state index >= 15 is 0 Å². The highest BCUT2D eigenvalue weighted by atomic mass is 16.6. The van der Waals surface area contributed by atoms with Crippen LogP contribution in [0.2, 0.25) is 0 Å². The Morgan fingerprint density at radius 1 is 1.03 bits per heavy atom. The molecule has 4 atom stereocenters. The second-order valence-corrected chi connectivity index (χ2v) is 6.80. The van der Waals surface area contributed by atoms with Crippen LogP contribution in [-0.4, -0.2) is 49.6 Å². The zero-order valence-corrected chi connectivity index (χ0v) is 15.7. The Balaban J connectivity index is 1.41. The van der Waals surface area contributed by atoms with E-state index in [1.54, 1.807) is 36.4 Å². The first-order valence-corrected chi connectivity index (χ1v) is 9.50. The predicted molar refractivity (Wildman–Crippen MR) is 107 cm³/mol. The van der Waals surface area contributed by atoms with Gasteiger partial charge in [0.1, 0.15) is 18.3 Å². The van der Waals surface area contributed by atoms with E-state index in [2.05, 4.69) is 10.6 Å². The van der Waals surface area contributed by atoms with Crippen molar-refractivity contribution in [3.8, 4) is 0 Å². The lowest BCUT2D eigenvalue weighted by Crippen LogP contribution is -2.44. The number of fused-ring (bicyclic) bond motifs is 1. The van der Waals surface area contributed by atoms with E-state index < -0.39 is 24.4 Å². The van der Waals surface area contributed by atoms with E-state index in [4.69, 9.17) is 14.2 Å². The number of amides is 2. The molecule has 150 valence electrons. The van der Waals surface area contributed by atoms with Crippen LogP contribution in [0.15, 0.2) is 72.8 Å². The molecule has 2 aliphatic rings. The van der Waals surface area contributed by atoms with Gasteiger partial charge in [-0.25, -0.2) is 4.79 Å². The Hall–Kier alpha value is -3.16. The molecule has 4 rings (SSSR count). The van der Waals surface area contributed by atoms with Crippen molar-refractivity contribution in [1.82, 2.24) is 5.32 Å². The zero-order chi connectivity index (χ0) is 20.1. The number of carbonyl (C=O) groups is 2. The summed E-state index contributed by atoms with van der Waals surface area (Å²) >= 11 is 0. The predicted octanol–water partition coefficient (Wildman–Crippen LogP) is 2.76. The minimum atomic E-state index is -0.648. The van der Waals surface area contributed by atoms with Crippen molar-refractivity contribution in [3.63, 3.8) is 0 Å². The first kappa shape index (κ1) is 19.2. The van der Waals surface area contributed by atoms with Crippen LogP contribution < -0.4 is 10.6 Å². The van der Waals surface area contributed by atoms with Gasteiger partial charge in [0, 0.05) is 17.8 Å². The molecular weight excluding hydrogens is 372 g/mol. The number of anilines is 1. The van der Waals surface area contributed by atoms with Gasteiger partial charge in [0.2, 0.25) is 0 Å². The number of nitrogens with one attached hydrogen (secondary N) is 2. The van der Waals surface area contributed by atoms with Gasteiger partial charge in [0.05, 0.1) is 6.61 Å². The van der Waals surface area contributed by atoms with Crippen LogP contribution in [0.4, 0.5) is 10.5 Å². The highest BCUT2D eigenvalue weighted by Gasteiger charge is 2.47. The molecule has 2 aromatic carbocycles. The quantitative estimate of drug-likeness (QED) is 0.762. The van der Waals surface area contributed by atoms with Gasteiger partial charge >= 0.3 is 6.09 Å². The normalized spacial score (nSPS) is 25.1. The third-order valence-corrected chi connectivity index (χ3v) is 4.82. The molecule has 2 N–H and O–H groups in total. The Bertz CT molecular complexity index is 871. The maximum atomic E-state index is 12.4. The summed E-state index contributed by atoms with van der Waals surface area (Å²) in [6, 6.07) is 18.0. The minimum absolute atomic E-state index is 0.196. The summed E-state index contributed by atoms with van der Waals surface area (Å²) in [5, 5.41) is 5.55. The van der Waals surface area contributed by atoms with E-state index in [0.29, 0.717) is 17.9 Å². The molecule has 2 heterocycles. The number of para-hydroxylation sites is 1. The average Bonchev–Trinajstić information content (AvgIpc) is 3.10. The molecule has 7 heteroatoms. The number of hydrogen-bond acceptors (Lipinski definition) is 5. The molecule has 2 aliphatic heterocycles. The van der Waals surface area contributed by atoms with Crippen molar-refractivity contribution in [1.29, 1.82) is 0 Å². The van der Waals surface area contributed by atoms with Crippen LogP contribution in [0.3, 0.4) is 0 Å². The van der Waals surface area contributed by atoms with E-state index in [-0.39, 0.29) is 18.6 Å². The van der Waals surface area contributed by atoms with Crippen LogP contribution >= 0.6 is 0 Å². The Kier molecular flexibility index (Phi) is 5.88. The summed E-state index contributed by atoms with van der Waals surface area (Å²) in [6.45, 7) is 0.620. The molecule has 0 bridgehead atoms. The van der Waals surface area contributed by atoms with Crippen molar-refractivity contribution >= 4 is 17.7 Å². The molecule has 2 aromatic rings. The molecule has 7 nitrogen and oxygen atoms in total. The zero-order valence-electron chi connectivity index (χ0n) is 15.7. The maximum Gasteiger partial charge on any atom is 0.412 e. The summed E-state index contributed by atoms with van der Waals surface area (Å²) in [5.74, 6) is -0.215. The van der Waals surface area contributed by atoms with Crippen molar-refractivity contribution in [2.45, 2.75) is 24.4 Å². The van der Waals surface area contributed by atoms with Crippen LogP contribution in [0.5, 0.6) is 0 Å². The lowest BCUT2D eigenvalue weighted by atomic mass is 10.1. The molecule has 0 saturated carbocycles. The highest BCUT2D eigenvalue weighted by Crippen LogP contribution is 2.30. The molecule has 0 spiro atoms. The van der Waals surface area contributed by atoms with E-state index in [1.807, 2.05) is 36.4 Å². The summed E-state index contributed by atoms with van der Waals surface area (Å²) in [7, 11) is 0. The first-order chi connectivity index (χ1) is 14.2. The van der Waals surface area contributed by atoms with Crippen molar-refractivity contribution < 1.29 is 23.8 Å². The van der Waals surface area contributed by atoms with Crippen LogP contribution in [-0.2, 0) is 14.2 Å². The van der Waals surface area contributed by atoms with Gasteiger partial charge in [0.15, 0.2) is 6.10 Å². The van der Waals surface area contributed by atoms with Crippen LogP contribution in [0, 0.1) is 0 Å². The summed E-state index contributed by atoms with van der Waals surface area (Å²) in [4.78, 5) is 24.8. The number of carbonyl (C=O) groups excluding carboxylic acids is 2. The minimum Gasteiger partial charge on any atom is -0.440 e. The number of rotatable bonds is 5. The molecule has 0 radical (unpaired) electrons. The fraction of sp³-hybridized carbons (Fsp3) is 0.273. The monoisotopic (exact) mass is 394 g/mol. The van der Waals surface area contributed by atoms with Crippen molar-refractivity contribution in [3.05, 3.63) is 78.4 Å². The van der Waals surface area contributed by atoms with E-state index in [1.165, 1.54) is 0 Å². The third kappa shape index (κ3) is 4.64. The molecule has 1 fully saturated rings. The third-order valence-electron chi connectivity index (χ3n) is 4.82. The Morgan fingerprint density at radius 3 is 2.52 bits per heavy atom. The van der Waals surface area contributed by atoms with Crippen molar-refractivity contribution in [2.24, 2.45) is 0 Å². The van der Waals surface area contributed by atoms with Gasteiger partial charge in [-0.15, -0.1) is 0 Å². The molecule has 0 unspecified atom stereocenters. The van der Waals surface area contributed by atoms with Crippen LogP contribution in [0.1, 0.15) is 10.4 Å². The fourth-order valence-corrected chi connectivity index (χ4v) is 3.44. The summed E-state index contributed by atoms with van der Waals surface area (Å²) in [6.07, 6.45) is 1.26. The lowest BCUT2D eigenvalue weighted by molar-refractivity contribution is -0.0250. The topological polar surface area (TPSA) is 85.9 Å². The standard InChI is InChI=1S/C22H22N2O5/c25-21(15-8-3-1-4-9-15)23-14-18-20(19-17(28-18)12-7-13-27-19)29-22(26)24-16-10-5-2-6-11-16/h1-12,17-20H,13-14H2,(H,23,25)(H,24,26)/t17-,18+,19+,20+/m0/s1. The molecule has 2 amide bonds. The average molecular weight is 394 g/mol. The van der Waals surface area contributed by atoms with Gasteiger partial charge in [0.25, 0.3) is 5.91 Å². The Morgan fingerprint density at radius 2 is 1.76 bits per heavy atom. The van der Waals surface area contributed by atoms with Crippen LogP contribution in [0.25, 0.3) is 0 Å². The molecule has 0 aliphatic carbocycles. The van der Waals surface area contributed by atoms with Gasteiger partial charge in [-0.3, -0.25) is 10.1 Å². The van der Waals surface area contributed by atoms with Gasteiger partial charge < -0.3 is 19.5 Å². The fourth-order valence-electron chi connectivity index (χ4n) is 3.44. The summed E-state index contributed by atoms with van der Waals surface area (Å²) < 4.78 is 17.4. The Labute approximate surface area is 168 Å². The van der Waals surface area contributed by atoms with Gasteiger partial charge in [-0.2, -0.15) is 0 Å². The lowest BCUT2D eigenvalue weighted by Gasteiger charge is -2.25. The highest BCUT2D eigenvalue weighted by molar-refractivity contribution is 5.94. The molecule has 29 heavy (non-hydrogen) atoms. The second-order valence-electron chi connectivity index (χ2n) is 6.80. The van der Waals surface area contributed by atoms with E-state index in [9.17, 15) is 9.59 Å². The molecule has 1 saturated heterocycles. The van der Waals surface area contributed by atoms with Gasteiger partial charge in [-0.05, 0) is 24.3 Å². The smallest absolute Gasteiger partial charge is 0.412 e. The second kappa shape index (κ2) is 8.89. The van der Waals surface area contributed by atoms with Crippen molar-refractivity contribution in [2.75, 3.05) is 18.5 Å². The number of ether oxygens (including phenoxy) is 3.